The first-order chi connectivity index (χ1) is 12.1. The fourth-order valence-corrected chi connectivity index (χ4v) is 3.59. The molecule has 1 aromatic heterocycles. The molecule has 1 amide bonds. The van der Waals surface area contributed by atoms with E-state index in [4.69, 9.17) is 0 Å². The van der Waals surface area contributed by atoms with Crippen molar-refractivity contribution in [3.8, 4) is 5.75 Å². The van der Waals surface area contributed by atoms with Crippen LogP contribution < -0.4 is 5.32 Å². The van der Waals surface area contributed by atoms with E-state index in [9.17, 15) is 9.90 Å². The summed E-state index contributed by atoms with van der Waals surface area (Å²) >= 11 is 4.64. The van der Waals surface area contributed by atoms with Crippen LogP contribution in [0.5, 0.6) is 5.75 Å². The Labute approximate surface area is 157 Å². The summed E-state index contributed by atoms with van der Waals surface area (Å²) in [5.41, 5.74) is 3.54. The van der Waals surface area contributed by atoms with E-state index < -0.39 is 0 Å². The highest BCUT2D eigenvalue weighted by Crippen LogP contribution is 2.36. The third-order valence-corrected chi connectivity index (χ3v) is 5.24. The molecule has 0 saturated heterocycles. The number of aromatic hydroxyl groups is 1. The third kappa shape index (κ3) is 4.05. The van der Waals surface area contributed by atoms with Gasteiger partial charge in [0.2, 0.25) is 11.0 Å². The van der Waals surface area contributed by atoms with Gasteiger partial charge in [0.05, 0.1) is 4.47 Å². The molecule has 2 N–H and O–H groups in total. The van der Waals surface area contributed by atoms with Gasteiger partial charge in [-0.2, -0.15) is 0 Å². The van der Waals surface area contributed by atoms with Crippen molar-refractivity contribution in [2.75, 3.05) is 5.32 Å². The average Bonchev–Trinajstić information content (AvgIpc) is 3.12. The maximum Gasteiger partial charge on any atom is 0.229 e. The maximum absolute atomic E-state index is 12.7. The molecule has 0 aliphatic carbocycles. The Kier molecular flexibility index (Phi) is 5.45. The van der Waals surface area contributed by atoms with E-state index in [1.165, 1.54) is 11.3 Å². The van der Waals surface area contributed by atoms with E-state index in [0.29, 0.717) is 9.60 Å². The number of halogens is 1. The first-order valence-corrected chi connectivity index (χ1v) is 9.34. The second-order valence-electron chi connectivity index (χ2n) is 5.62. The highest BCUT2D eigenvalue weighted by atomic mass is 79.9. The summed E-state index contributed by atoms with van der Waals surface area (Å²) in [6.07, 6.45) is 0. The van der Waals surface area contributed by atoms with Gasteiger partial charge in [0.15, 0.2) is 0 Å². The number of nitrogens with one attached hydrogen (secondary N) is 1. The predicted octanol–water partition coefficient (Wildman–Crippen LogP) is 4.41. The molecule has 2 aromatic carbocycles. The molecule has 1 unspecified atom stereocenters. The number of benzene rings is 2. The summed E-state index contributed by atoms with van der Waals surface area (Å²) in [7, 11) is 0. The molecule has 3 aromatic rings. The Balaban J connectivity index is 1.95. The van der Waals surface area contributed by atoms with Crippen LogP contribution in [0.25, 0.3) is 0 Å². The van der Waals surface area contributed by atoms with Gasteiger partial charge in [-0.25, -0.2) is 0 Å². The molecule has 3 rings (SSSR count). The molecule has 25 heavy (non-hydrogen) atoms. The lowest BCUT2D eigenvalue weighted by molar-refractivity contribution is -0.119. The molecule has 7 heteroatoms. The summed E-state index contributed by atoms with van der Waals surface area (Å²) in [4.78, 5) is 12.7. The van der Waals surface area contributed by atoms with Gasteiger partial charge in [-0.05, 0) is 39.2 Å². The van der Waals surface area contributed by atoms with Crippen LogP contribution in [0.2, 0.25) is 0 Å². The summed E-state index contributed by atoms with van der Waals surface area (Å²) < 4.78 is 0.600. The summed E-state index contributed by atoms with van der Waals surface area (Å²) in [6, 6.07) is 15.2. The predicted molar refractivity (Wildman–Crippen MR) is 102 cm³/mol. The van der Waals surface area contributed by atoms with Crippen LogP contribution in [0.15, 0.2) is 58.5 Å². The second kappa shape index (κ2) is 7.76. The Morgan fingerprint density at radius 3 is 2.60 bits per heavy atom. The number of hydrogen-bond acceptors (Lipinski definition) is 5. The van der Waals surface area contributed by atoms with Crippen molar-refractivity contribution in [2.45, 2.75) is 12.8 Å². The van der Waals surface area contributed by atoms with Gasteiger partial charge < -0.3 is 10.4 Å². The van der Waals surface area contributed by atoms with Gasteiger partial charge >= 0.3 is 0 Å². The van der Waals surface area contributed by atoms with Crippen molar-refractivity contribution < 1.29 is 9.90 Å². The smallest absolute Gasteiger partial charge is 0.229 e. The topological polar surface area (TPSA) is 75.1 Å². The Morgan fingerprint density at radius 1 is 1.20 bits per heavy atom. The second-order valence-corrected chi connectivity index (χ2v) is 7.31. The fraction of sp³-hybridized carbons (Fsp3) is 0.167. The number of phenolic OH excluding ortho intramolecular Hbond substituents is 1. The molecule has 0 bridgehead atoms. The quantitative estimate of drug-likeness (QED) is 0.644. The molecule has 128 valence electrons. The lowest BCUT2D eigenvalue weighted by Gasteiger charge is -2.24. The van der Waals surface area contributed by atoms with Gasteiger partial charge in [-0.15, -0.1) is 10.2 Å². The van der Waals surface area contributed by atoms with Gasteiger partial charge in [0.1, 0.15) is 11.3 Å². The van der Waals surface area contributed by atoms with E-state index >= 15 is 0 Å². The van der Waals surface area contributed by atoms with Crippen molar-refractivity contribution in [3.63, 3.8) is 0 Å². The number of amides is 1. The Morgan fingerprint density at radius 2 is 1.96 bits per heavy atom. The lowest BCUT2D eigenvalue weighted by atomic mass is 9.81. The van der Waals surface area contributed by atoms with Crippen LogP contribution in [0.4, 0.5) is 5.13 Å². The number of nitrogens with zero attached hydrogens (tertiary/aromatic N) is 2. The fourth-order valence-electron chi connectivity index (χ4n) is 2.74. The molecule has 0 fully saturated rings. The number of rotatable bonds is 5. The zero-order valence-electron chi connectivity index (χ0n) is 13.4. The summed E-state index contributed by atoms with van der Waals surface area (Å²) in [6.45, 7) is 1.88. The molecule has 0 aliphatic heterocycles. The van der Waals surface area contributed by atoms with Crippen LogP contribution in [-0.4, -0.2) is 21.2 Å². The standard InChI is InChI=1S/C18H16BrN3O2S/c1-11(17(24)21-18-22-20-10-25-18)16(12-5-3-2-4-6-12)13-7-8-15(23)14(19)9-13/h2-11,16,23H,1H3,(H,21,22,24)/t11?,16-/m1/s1. The van der Waals surface area contributed by atoms with Crippen molar-refractivity contribution in [1.82, 2.24) is 10.2 Å². The van der Waals surface area contributed by atoms with Crippen molar-refractivity contribution in [2.24, 2.45) is 5.92 Å². The van der Waals surface area contributed by atoms with Gasteiger partial charge in [-0.1, -0.05) is 54.7 Å². The SMILES string of the molecule is CC(C(=O)Nc1nncs1)[C@H](c1ccccc1)c1ccc(O)c(Br)c1. The van der Waals surface area contributed by atoms with Gasteiger partial charge in [-0.3, -0.25) is 4.79 Å². The van der Waals surface area contributed by atoms with Crippen molar-refractivity contribution >= 4 is 38.3 Å². The molecular formula is C18H16BrN3O2S. The van der Waals surface area contributed by atoms with Crippen LogP contribution in [0.1, 0.15) is 24.0 Å². The van der Waals surface area contributed by atoms with Crippen LogP contribution in [0, 0.1) is 5.92 Å². The minimum absolute atomic E-state index is 0.130. The van der Waals surface area contributed by atoms with E-state index in [-0.39, 0.29) is 23.5 Å². The maximum atomic E-state index is 12.7. The highest BCUT2D eigenvalue weighted by molar-refractivity contribution is 9.10. The van der Waals surface area contributed by atoms with E-state index in [0.717, 1.165) is 11.1 Å². The molecule has 1 heterocycles. The first kappa shape index (κ1) is 17.6. The van der Waals surface area contributed by atoms with Crippen molar-refractivity contribution in [1.29, 1.82) is 0 Å². The number of anilines is 1. The van der Waals surface area contributed by atoms with Crippen molar-refractivity contribution in [3.05, 3.63) is 69.6 Å². The molecular weight excluding hydrogens is 402 g/mol. The number of carbonyl (C=O) groups is 1. The average molecular weight is 418 g/mol. The van der Waals surface area contributed by atoms with Gasteiger partial charge in [0, 0.05) is 11.8 Å². The Bertz CT molecular complexity index is 856. The molecule has 0 radical (unpaired) electrons. The van der Waals surface area contributed by atoms with E-state index in [1.807, 2.05) is 49.4 Å². The molecule has 5 nitrogen and oxygen atoms in total. The lowest BCUT2D eigenvalue weighted by Crippen LogP contribution is -2.26. The molecule has 0 spiro atoms. The highest BCUT2D eigenvalue weighted by Gasteiger charge is 2.28. The van der Waals surface area contributed by atoms with Crippen LogP contribution >= 0.6 is 27.3 Å². The normalized spacial score (nSPS) is 13.2. The van der Waals surface area contributed by atoms with E-state index in [2.05, 4.69) is 31.4 Å². The molecule has 0 aliphatic rings. The van der Waals surface area contributed by atoms with Gasteiger partial charge in [0.25, 0.3) is 0 Å². The summed E-state index contributed by atoms with van der Waals surface area (Å²) in [5.74, 6) is -0.468. The third-order valence-electron chi connectivity index (χ3n) is 3.99. The number of carbonyl (C=O) groups excluding carboxylic acids is 1. The minimum atomic E-state index is -0.345. The zero-order chi connectivity index (χ0) is 17.8. The first-order valence-electron chi connectivity index (χ1n) is 7.66. The largest absolute Gasteiger partial charge is 0.507 e. The Hall–Kier alpha value is -2.25. The zero-order valence-corrected chi connectivity index (χ0v) is 15.8. The van der Waals surface area contributed by atoms with Crippen LogP contribution in [0.3, 0.4) is 0 Å². The number of phenols is 1. The summed E-state index contributed by atoms with van der Waals surface area (Å²) in [5, 5.41) is 20.7. The molecule has 2 atom stereocenters. The number of aromatic nitrogens is 2. The monoisotopic (exact) mass is 417 g/mol. The number of hydrogen-bond donors (Lipinski definition) is 2. The minimum Gasteiger partial charge on any atom is -0.507 e. The van der Waals surface area contributed by atoms with E-state index in [1.54, 1.807) is 11.6 Å². The molecule has 0 saturated carbocycles. The van der Waals surface area contributed by atoms with Crippen LogP contribution in [-0.2, 0) is 4.79 Å².